The number of hydrogen-bond acceptors (Lipinski definition) is 1. The van der Waals surface area contributed by atoms with Gasteiger partial charge in [0.15, 0.2) is 0 Å². The summed E-state index contributed by atoms with van der Waals surface area (Å²) in [6.45, 7) is 14.0. The lowest BCUT2D eigenvalue weighted by molar-refractivity contribution is 0.590. The van der Waals surface area contributed by atoms with E-state index in [-0.39, 0.29) is 10.8 Å². The van der Waals surface area contributed by atoms with Gasteiger partial charge < -0.3 is 13.7 Å². The molecule has 61 heavy (non-hydrogen) atoms. The van der Waals surface area contributed by atoms with E-state index in [9.17, 15) is 0 Å². The summed E-state index contributed by atoms with van der Waals surface area (Å²) in [6, 6.07) is 61.9. The topological polar surface area (TPSA) is 12.1 Å². The molecule has 0 N–H and O–H groups in total. The molecule has 0 amide bonds. The Kier molecular flexibility index (Phi) is 6.72. The molecule has 0 bridgehead atoms. The highest BCUT2D eigenvalue weighted by molar-refractivity contribution is 6.36. The van der Waals surface area contributed by atoms with Crippen LogP contribution in [0.5, 0.6) is 0 Å². The van der Waals surface area contributed by atoms with Crippen LogP contribution in [0.25, 0.3) is 97.7 Å². The van der Waals surface area contributed by atoms with Crippen molar-refractivity contribution in [2.24, 2.45) is 0 Å². The van der Waals surface area contributed by atoms with Gasteiger partial charge in [0.05, 0.1) is 38.8 Å². The number of nitrogens with zero attached hydrogens (tertiary/aromatic N) is 3. The first-order chi connectivity index (χ1) is 29.5. The Bertz CT molecular complexity index is 3890. The van der Waals surface area contributed by atoms with Crippen LogP contribution < -0.4 is 4.90 Å². The van der Waals surface area contributed by atoms with Crippen LogP contribution in [0.15, 0.2) is 164 Å². The molecule has 9 aromatic carbocycles. The van der Waals surface area contributed by atoms with Crippen LogP contribution >= 0.6 is 0 Å². The summed E-state index contributed by atoms with van der Waals surface area (Å²) >= 11 is 0. The van der Waals surface area contributed by atoms with Crippen LogP contribution in [0, 0.1) is 0 Å². The molecule has 0 saturated carbocycles. The molecule has 0 atom stereocenters. The smallest absolute Gasteiger partial charge is 0.0789 e. The Morgan fingerprint density at radius 2 is 0.836 bits per heavy atom. The minimum Gasteiger partial charge on any atom is -0.308 e. The van der Waals surface area contributed by atoms with Crippen molar-refractivity contribution in [3.05, 3.63) is 175 Å². The summed E-state index contributed by atoms with van der Waals surface area (Å²) in [5.41, 5.74) is 13.8. The maximum atomic E-state index is 2.63. The summed E-state index contributed by atoms with van der Waals surface area (Å²) in [4.78, 5) is 2.48. The van der Waals surface area contributed by atoms with Crippen molar-refractivity contribution in [2.45, 2.75) is 52.4 Å². The number of benzene rings is 9. The molecular weight excluding hydrogens is 739 g/mol. The van der Waals surface area contributed by atoms with Gasteiger partial charge in [0.1, 0.15) is 0 Å². The van der Waals surface area contributed by atoms with E-state index in [0.717, 1.165) is 11.4 Å². The summed E-state index contributed by atoms with van der Waals surface area (Å²) in [6.07, 6.45) is 0. The number of rotatable bonds is 3. The zero-order valence-electron chi connectivity index (χ0n) is 35.4. The predicted molar refractivity (Wildman–Crippen MR) is 263 cm³/mol. The average molecular weight is 784 g/mol. The minimum atomic E-state index is -0.0214. The third-order valence-electron chi connectivity index (χ3n) is 13.8. The van der Waals surface area contributed by atoms with Gasteiger partial charge in [-0.1, -0.05) is 133 Å². The summed E-state index contributed by atoms with van der Waals surface area (Å²) in [5, 5.41) is 15.4. The molecule has 4 heterocycles. The fourth-order valence-electron chi connectivity index (χ4n) is 10.8. The molecule has 0 aliphatic carbocycles. The zero-order valence-corrected chi connectivity index (χ0v) is 35.4. The normalized spacial score (nSPS) is 13.1. The lowest BCUT2D eigenvalue weighted by atomic mass is 9.84. The largest absolute Gasteiger partial charge is 0.308 e. The molecule has 0 aliphatic heterocycles. The maximum Gasteiger partial charge on any atom is 0.0789 e. The van der Waals surface area contributed by atoms with E-state index in [0.29, 0.717) is 0 Å². The first kappa shape index (κ1) is 34.7. The molecule has 0 spiro atoms. The molecule has 0 radical (unpaired) electrons. The maximum absolute atomic E-state index is 2.63. The molecule has 292 valence electrons. The second kappa shape index (κ2) is 11.8. The van der Waals surface area contributed by atoms with Gasteiger partial charge in [-0.3, -0.25) is 0 Å². The highest BCUT2D eigenvalue weighted by atomic mass is 15.2. The molecule has 13 rings (SSSR count). The van der Waals surface area contributed by atoms with Gasteiger partial charge in [-0.05, 0) is 111 Å². The number of hydrogen-bond donors (Lipinski definition) is 0. The van der Waals surface area contributed by atoms with Crippen molar-refractivity contribution >= 4 is 115 Å². The Balaban J connectivity index is 1.28. The van der Waals surface area contributed by atoms with Crippen LogP contribution in [0.3, 0.4) is 0 Å². The Morgan fingerprint density at radius 1 is 0.344 bits per heavy atom. The SMILES string of the molecule is CC(C)(C)c1ccc2c(c1)c1cc(C(C)(C)C)cc3c4cc5c(cc4n2c13)c1c2ccccc2cc2c3cc4ccccc4c(N(c4ccccc4)c4ccccc4)c3n5c21. The number of fused-ring (bicyclic) bond motifs is 15. The van der Waals surface area contributed by atoms with E-state index in [4.69, 9.17) is 0 Å². The van der Waals surface area contributed by atoms with Crippen molar-refractivity contribution in [1.29, 1.82) is 0 Å². The monoisotopic (exact) mass is 783 g/mol. The number of aromatic nitrogens is 2. The van der Waals surface area contributed by atoms with Crippen LogP contribution in [0.4, 0.5) is 17.1 Å². The molecule has 0 saturated heterocycles. The van der Waals surface area contributed by atoms with Crippen LogP contribution in [-0.4, -0.2) is 8.80 Å². The molecule has 3 heteroatoms. The van der Waals surface area contributed by atoms with Gasteiger partial charge >= 0.3 is 0 Å². The lowest BCUT2D eigenvalue weighted by Crippen LogP contribution is -2.11. The number of anilines is 3. The van der Waals surface area contributed by atoms with Gasteiger partial charge in [0, 0.05) is 59.9 Å². The Labute approximate surface area is 354 Å². The van der Waals surface area contributed by atoms with Crippen molar-refractivity contribution in [2.75, 3.05) is 4.90 Å². The fraction of sp³-hybridized carbons (Fsp3) is 0.138. The standard InChI is InChI=1S/C58H45N3/c1-57(2,3)36-25-26-49-42(29-36)46-30-37(58(4,5)6)31-47-43-32-51-48(33-50(43)60(49)53(46)47)52-40-23-15-13-17-34(40)27-44-45-28-35-18-14-16-24-41(35)55(56(45)61(51)54(44)52)59(38-19-9-7-10-20-38)39-21-11-8-12-22-39/h7-33H,1-6H3. The van der Waals surface area contributed by atoms with Gasteiger partial charge in [-0.2, -0.15) is 0 Å². The highest BCUT2D eigenvalue weighted by Gasteiger charge is 2.29. The van der Waals surface area contributed by atoms with Crippen LogP contribution in [0.2, 0.25) is 0 Å². The van der Waals surface area contributed by atoms with Crippen LogP contribution in [0.1, 0.15) is 52.7 Å². The minimum absolute atomic E-state index is 0.0214. The number of para-hydroxylation sites is 2. The first-order valence-electron chi connectivity index (χ1n) is 21.7. The Hall–Kier alpha value is -7.10. The van der Waals surface area contributed by atoms with Gasteiger partial charge in [-0.25, -0.2) is 0 Å². The molecule has 0 fully saturated rings. The van der Waals surface area contributed by atoms with E-state index in [1.807, 2.05) is 0 Å². The van der Waals surface area contributed by atoms with E-state index in [1.54, 1.807) is 0 Å². The van der Waals surface area contributed by atoms with Crippen LogP contribution in [-0.2, 0) is 10.8 Å². The highest BCUT2D eigenvalue weighted by Crippen LogP contribution is 2.52. The summed E-state index contributed by atoms with van der Waals surface area (Å²) in [5.74, 6) is 0. The second-order valence-corrected chi connectivity index (χ2v) is 19.4. The van der Waals surface area contributed by atoms with Gasteiger partial charge in [0.25, 0.3) is 0 Å². The van der Waals surface area contributed by atoms with Crippen molar-refractivity contribution in [3.8, 4) is 0 Å². The van der Waals surface area contributed by atoms with Gasteiger partial charge in [0.2, 0.25) is 0 Å². The average Bonchev–Trinajstić information content (AvgIpc) is 3.98. The lowest BCUT2D eigenvalue weighted by Gasteiger charge is -2.28. The molecule has 4 aromatic heterocycles. The molecule has 0 unspecified atom stereocenters. The van der Waals surface area contributed by atoms with E-state index < -0.39 is 0 Å². The third-order valence-corrected chi connectivity index (χ3v) is 13.8. The zero-order chi connectivity index (χ0) is 41.1. The van der Waals surface area contributed by atoms with Gasteiger partial charge in [-0.15, -0.1) is 0 Å². The predicted octanol–water partition coefficient (Wildman–Crippen LogP) is 16.4. The third kappa shape index (κ3) is 4.64. The second-order valence-electron chi connectivity index (χ2n) is 19.4. The molecule has 13 aromatic rings. The fourth-order valence-corrected chi connectivity index (χ4v) is 10.8. The van der Waals surface area contributed by atoms with Crippen molar-refractivity contribution in [1.82, 2.24) is 8.80 Å². The summed E-state index contributed by atoms with van der Waals surface area (Å²) in [7, 11) is 0. The van der Waals surface area contributed by atoms with E-state index in [2.05, 4.69) is 219 Å². The molecule has 3 nitrogen and oxygen atoms in total. The summed E-state index contributed by atoms with van der Waals surface area (Å²) < 4.78 is 5.21. The molecule has 0 aliphatic rings. The first-order valence-corrected chi connectivity index (χ1v) is 21.7. The van der Waals surface area contributed by atoms with E-state index in [1.165, 1.54) is 115 Å². The van der Waals surface area contributed by atoms with Crippen molar-refractivity contribution in [3.63, 3.8) is 0 Å². The quantitative estimate of drug-likeness (QED) is 0.174. The Morgan fingerprint density at radius 3 is 1.48 bits per heavy atom. The molecular formula is C58H45N3. The van der Waals surface area contributed by atoms with E-state index >= 15 is 0 Å². The van der Waals surface area contributed by atoms with Crippen molar-refractivity contribution < 1.29 is 0 Å².